The number of carbonyl (C=O) groups excluding carboxylic acids is 1. The van der Waals surface area contributed by atoms with Crippen LogP contribution in [0.4, 0.5) is 0 Å². The Bertz CT molecular complexity index is 548. The van der Waals surface area contributed by atoms with Gasteiger partial charge in [0.15, 0.2) is 0 Å². The van der Waals surface area contributed by atoms with Crippen LogP contribution >= 0.6 is 0 Å². The Kier molecular flexibility index (Phi) is 3.94. The number of benzene rings is 1. The van der Waals surface area contributed by atoms with E-state index >= 15 is 0 Å². The van der Waals surface area contributed by atoms with Gasteiger partial charge in [-0.2, -0.15) is 0 Å². The summed E-state index contributed by atoms with van der Waals surface area (Å²) in [5.74, 6) is 0.166. The van der Waals surface area contributed by atoms with E-state index in [9.17, 15) is 9.90 Å². The number of para-hydroxylation sites is 2. The molecule has 1 aromatic heterocycles. The number of aromatic nitrogens is 2. The number of hydrogen-bond acceptors (Lipinski definition) is 4. The van der Waals surface area contributed by atoms with Gasteiger partial charge in [0.1, 0.15) is 19.0 Å². The molecule has 0 atom stereocenters. The minimum Gasteiger partial charge on any atom is -0.464 e. The lowest BCUT2D eigenvalue weighted by molar-refractivity contribution is -0.144. The van der Waals surface area contributed by atoms with Crippen LogP contribution in [-0.4, -0.2) is 27.2 Å². The van der Waals surface area contributed by atoms with Gasteiger partial charge in [-0.05, 0) is 18.6 Å². The van der Waals surface area contributed by atoms with Gasteiger partial charge in [0.25, 0.3) is 0 Å². The second-order valence-electron chi connectivity index (χ2n) is 3.98. The number of nitrogens with zero attached hydrogens (tertiary/aromatic N) is 2. The van der Waals surface area contributed by atoms with Crippen LogP contribution in [0.3, 0.4) is 0 Å². The van der Waals surface area contributed by atoms with E-state index in [-0.39, 0.29) is 19.1 Å². The van der Waals surface area contributed by atoms with Gasteiger partial charge in [0.05, 0.1) is 17.6 Å². The zero-order valence-electron chi connectivity index (χ0n) is 10.3. The third-order valence-corrected chi connectivity index (χ3v) is 2.63. The number of ether oxygens (including phenoxy) is 1. The van der Waals surface area contributed by atoms with E-state index in [0.29, 0.717) is 12.4 Å². The summed E-state index contributed by atoms with van der Waals surface area (Å²) < 4.78 is 6.73. The topological polar surface area (TPSA) is 64.3 Å². The molecular weight excluding hydrogens is 232 g/mol. The van der Waals surface area contributed by atoms with Crippen molar-refractivity contribution in [1.82, 2.24) is 9.55 Å². The number of hydrogen-bond donors (Lipinski definition) is 1. The lowest BCUT2D eigenvalue weighted by Gasteiger charge is -2.07. The van der Waals surface area contributed by atoms with E-state index in [2.05, 4.69) is 4.98 Å². The summed E-state index contributed by atoms with van der Waals surface area (Å²) in [5.41, 5.74) is 1.60. The van der Waals surface area contributed by atoms with Gasteiger partial charge in [0.2, 0.25) is 0 Å². The zero-order valence-corrected chi connectivity index (χ0v) is 10.3. The molecule has 5 heteroatoms. The lowest BCUT2D eigenvalue weighted by atomic mass is 10.3. The molecule has 0 radical (unpaired) electrons. The molecule has 0 saturated carbocycles. The van der Waals surface area contributed by atoms with E-state index in [1.54, 1.807) is 4.57 Å². The second kappa shape index (κ2) is 5.64. The predicted molar refractivity (Wildman–Crippen MR) is 66.9 cm³/mol. The summed E-state index contributed by atoms with van der Waals surface area (Å²) >= 11 is 0. The standard InChI is InChI=1S/C13H16N2O3/c1-2-7-18-13(17)8-15-11-6-4-3-5-10(11)14-12(15)9-16/h3-6,16H,2,7-9H2,1H3. The van der Waals surface area contributed by atoms with Gasteiger partial charge >= 0.3 is 5.97 Å². The summed E-state index contributed by atoms with van der Waals surface area (Å²) in [6.07, 6.45) is 0.795. The van der Waals surface area contributed by atoms with E-state index < -0.39 is 0 Å². The molecule has 18 heavy (non-hydrogen) atoms. The predicted octanol–water partition coefficient (Wildman–Crippen LogP) is 1.48. The quantitative estimate of drug-likeness (QED) is 0.814. The molecular formula is C13H16N2O3. The molecule has 2 aromatic rings. The summed E-state index contributed by atoms with van der Waals surface area (Å²) in [6.45, 7) is 2.24. The Morgan fingerprint density at radius 3 is 2.94 bits per heavy atom. The van der Waals surface area contributed by atoms with Crippen LogP contribution in [0, 0.1) is 0 Å². The highest BCUT2D eigenvalue weighted by atomic mass is 16.5. The fourth-order valence-electron chi connectivity index (χ4n) is 1.81. The molecule has 0 bridgehead atoms. The maximum Gasteiger partial charge on any atom is 0.326 e. The zero-order chi connectivity index (χ0) is 13.0. The van der Waals surface area contributed by atoms with Crippen molar-refractivity contribution in [3.05, 3.63) is 30.1 Å². The van der Waals surface area contributed by atoms with Crippen molar-refractivity contribution in [1.29, 1.82) is 0 Å². The van der Waals surface area contributed by atoms with E-state index in [0.717, 1.165) is 17.5 Å². The van der Waals surface area contributed by atoms with Gasteiger partial charge < -0.3 is 14.4 Å². The van der Waals surface area contributed by atoms with Crippen LogP contribution in [0.25, 0.3) is 11.0 Å². The molecule has 5 nitrogen and oxygen atoms in total. The Hall–Kier alpha value is -1.88. The first kappa shape index (κ1) is 12.6. The van der Waals surface area contributed by atoms with Crippen LogP contribution in [0.1, 0.15) is 19.2 Å². The van der Waals surface area contributed by atoms with E-state index in [4.69, 9.17) is 4.74 Å². The van der Waals surface area contributed by atoms with Crippen molar-refractivity contribution in [2.24, 2.45) is 0 Å². The number of imidazole rings is 1. The number of fused-ring (bicyclic) bond motifs is 1. The molecule has 0 fully saturated rings. The van der Waals surface area contributed by atoms with Gasteiger partial charge in [-0.3, -0.25) is 4.79 Å². The molecule has 1 aromatic carbocycles. The molecule has 0 unspecified atom stereocenters. The molecule has 0 spiro atoms. The maximum absolute atomic E-state index is 11.6. The number of esters is 1. The molecule has 1 heterocycles. The van der Waals surface area contributed by atoms with Crippen LogP contribution in [-0.2, 0) is 22.7 Å². The van der Waals surface area contributed by atoms with Crippen molar-refractivity contribution < 1.29 is 14.6 Å². The first-order chi connectivity index (χ1) is 8.76. The van der Waals surface area contributed by atoms with Crippen LogP contribution in [0.2, 0.25) is 0 Å². The Balaban J connectivity index is 2.28. The summed E-state index contributed by atoms with van der Waals surface area (Å²) in [7, 11) is 0. The SMILES string of the molecule is CCCOC(=O)Cn1c(CO)nc2ccccc21. The first-order valence-corrected chi connectivity index (χ1v) is 5.97. The van der Waals surface area contributed by atoms with Gasteiger partial charge in [0, 0.05) is 0 Å². The third-order valence-electron chi connectivity index (χ3n) is 2.63. The van der Waals surface area contributed by atoms with Crippen LogP contribution in [0.5, 0.6) is 0 Å². The Morgan fingerprint density at radius 1 is 1.44 bits per heavy atom. The smallest absolute Gasteiger partial charge is 0.326 e. The van der Waals surface area contributed by atoms with E-state index in [1.165, 1.54) is 0 Å². The molecule has 2 rings (SSSR count). The molecule has 1 N–H and O–H groups in total. The number of aliphatic hydroxyl groups is 1. The highest BCUT2D eigenvalue weighted by Gasteiger charge is 2.13. The fourth-order valence-corrected chi connectivity index (χ4v) is 1.81. The monoisotopic (exact) mass is 248 g/mol. The lowest BCUT2D eigenvalue weighted by Crippen LogP contribution is -2.16. The normalized spacial score (nSPS) is 10.8. The Labute approximate surface area is 105 Å². The molecule has 0 saturated heterocycles. The van der Waals surface area contributed by atoms with Crippen molar-refractivity contribution in [3.63, 3.8) is 0 Å². The summed E-state index contributed by atoms with van der Waals surface area (Å²) in [5, 5.41) is 9.27. The van der Waals surface area contributed by atoms with E-state index in [1.807, 2.05) is 31.2 Å². The highest BCUT2D eigenvalue weighted by Crippen LogP contribution is 2.16. The minimum atomic E-state index is -0.310. The summed E-state index contributed by atoms with van der Waals surface area (Å²) in [6, 6.07) is 7.46. The Morgan fingerprint density at radius 2 is 2.22 bits per heavy atom. The average Bonchev–Trinajstić information content (AvgIpc) is 2.75. The largest absolute Gasteiger partial charge is 0.464 e. The molecule has 0 aliphatic rings. The molecule has 0 amide bonds. The third kappa shape index (κ3) is 2.51. The molecule has 0 aliphatic heterocycles. The minimum absolute atomic E-state index is 0.0798. The number of rotatable bonds is 5. The van der Waals surface area contributed by atoms with Crippen LogP contribution in [0.15, 0.2) is 24.3 Å². The van der Waals surface area contributed by atoms with Crippen molar-refractivity contribution in [3.8, 4) is 0 Å². The van der Waals surface area contributed by atoms with Crippen molar-refractivity contribution in [2.75, 3.05) is 6.61 Å². The second-order valence-corrected chi connectivity index (χ2v) is 3.98. The highest BCUT2D eigenvalue weighted by molar-refractivity contribution is 5.78. The van der Waals surface area contributed by atoms with Crippen molar-refractivity contribution in [2.45, 2.75) is 26.5 Å². The maximum atomic E-state index is 11.6. The van der Waals surface area contributed by atoms with Crippen molar-refractivity contribution >= 4 is 17.0 Å². The van der Waals surface area contributed by atoms with Crippen LogP contribution < -0.4 is 0 Å². The first-order valence-electron chi connectivity index (χ1n) is 5.97. The molecule has 96 valence electrons. The fraction of sp³-hybridized carbons (Fsp3) is 0.385. The molecule has 0 aliphatic carbocycles. The number of aliphatic hydroxyl groups excluding tert-OH is 1. The summed E-state index contributed by atoms with van der Waals surface area (Å²) in [4.78, 5) is 15.9. The number of carbonyl (C=O) groups is 1. The average molecular weight is 248 g/mol. The van der Waals surface area contributed by atoms with Gasteiger partial charge in [-0.15, -0.1) is 0 Å². The van der Waals surface area contributed by atoms with Gasteiger partial charge in [-0.1, -0.05) is 19.1 Å². The van der Waals surface area contributed by atoms with Gasteiger partial charge in [-0.25, -0.2) is 4.98 Å².